The van der Waals surface area contributed by atoms with Crippen molar-refractivity contribution < 1.29 is 27.2 Å². The number of carbonyl (C=O) groups is 2. The van der Waals surface area contributed by atoms with E-state index in [1.807, 2.05) is 0 Å². The lowest BCUT2D eigenvalue weighted by Crippen LogP contribution is -2.35. The van der Waals surface area contributed by atoms with Gasteiger partial charge in [0.05, 0.1) is 28.5 Å². The number of hydrogen-bond donors (Lipinski definition) is 3. The Hall–Kier alpha value is -3.05. The first-order chi connectivity index (χ1) is 16.0. The Bertz CT molecular complexity index is 1210. The minimum atomic E-state index is -4.87. The van der Waals surface area contributed by atoms with E-state index in [-0.39, 0.29) is 5.69 Å². The molecule has 0 aliphatic carbocycles. The minimum absolute atomic E-state index is 0.181. The summed E-state index contributed by atoms with van der Waals surface area (Å²) in [5, 5.41) is 4.73. The summed E-state index contributed by atoms with van der Waals surface area (Å²) < 4.78 is 56.6. The van der Waals surface area contributed by atoms with E-state index < -0.39 is 46.8 Å². The van der Waals surface area contributed by atoms with Crippen molar-refractivity contribution in [1.82, 2.24) is 5.32 Å². The molecule has 3 aromatic carbocycles. The SMILES string of the molecule is CC(NC(=O)N(S)c1ccc(NC(=O)c2ccccc2F)c(C(F)(F)F)c1)c1ccc(Br)cc1. The molecule has 11 heteroatoms. The van der Waals surface area contributed by atoms with Gasteiger partial charge in [-0.25, -0.2) is 13.5 Å². The largest absolute Gasteiger partial charge is 0.418 e. The Morgan fingerprint density at radius 3 is 2.29 bits per heavy atom. The van der Waals surface area contributed by atoms with Gasteiger partial charge in [-0.1, -0.05) is 53.0 Å². The summed E-state index contributed by atoms with van der Waals surface area (Å²) in [6.45, 7) is 1.71. The topological polar surface area (TPSA) is 61.4 Å². The number of amides is 3. The molecule has 0 saturated heterocycles. The van der Waals surface area contributed by atoms with Crippen LogP contribution < -0.4 is 14.9 Å². The first-order valence-corrected chi connectivity index (χ1v) is 11.0. The van der Waals surface area contributed by atoms with Crippen molar-refractivity contribution in [2.24, 2.45) is 0 Å². The van der Waals surface area contributed by atoms with Crippen LogP contribution in [-0.4, -0.2) is 11.9 Å². The van der Waals surface area contributed by atoms with Crippen molar-refractivity contribution >= 4 is 52.1 Å². The van der Waals surface area contributed by atoms with E-state index in [9.17, 15) is 27.2 Å². The molecule has 0 saturated carbocycles. The van der Waals surface area contributed by atoms with Gasteiger partial charge >= 0.3 is 12.2 Å². The third-order valence-electron chi connectivity index (χ3n) is 4.82. The number of nitrogens with one attached hydrogen (secondary N) is 2. The molecule has 0 heterocycles. The van der Waals surface area contributed by atoms with Gasteiger partial charge in [-0.15, -0.1) is 0 Å². The number of benzene rings is 3. The molecule has 2 N–H and O–H groups in total. The third-order valence-corrected chi connectivity index (χ3v) is 5.76. The number of thiol groups is 1. The number of hydrogen-bond acceptors (Lipinski definition) is 3. The lowest BCUT2D eigenvalue weighted by molar-refractivity contribution is -0.136. The molecule has 0 aliphatic heterocycles. The highest BCUT2D eigenvalue weighted by molar-refractivity contribution is 9.10. The van der Waals surface area contributed by atoms with Crippen LogP contribution in [0.3, 0.4) is 0 Å². The summed E-state index contributed by atoms with van der Waals surface area (Å²) >= 11 is 7.36. The molecule has 0 radical (unpaired) electrons. The van der Waals surface area contributed by atoms with Gasteiger partial charge in [0, 0.05) is 4.47 Å². The highest BCUT2D eigenvalue weighted by Crippen LogP contribution is 2.38. The van der Waals surface area contributed by atoms with E-state index in [0.717, 1.165) is 32.5 Å². The Morgan fingerprint density at radius 1 is 1.03 bits per heavy atom. The second-order valence-electron chi connectivity index (χ2n) is 7.20. The Labute approximate surface area is 206 Å². The summed E-state index contributed by atoms with van der Waals surface area (Å²) in [6, 6.07) is 13.7. The molecule has 0 aliphatic rings. The fourth-order valence-corrected chi connectivity index (χ4v) is 3.49. The monoisotopic (exact) mass is 555 g/mol. The molecule has 0 aromatic heterocycles. The maximum absolute atomic E-state index is 13.8. The highest BCUT2D eigenvalue weighted by Gasteiger charge is 2.35. The van der Waals surface area contributed by atoms with E-state index in [4.69, 9.17) is 0 Å². The summed E-state index contributed by atoms with van der Waals surface area (Å²) in [4.78, 5) is 24.9. The van der Waals surface area contributed by atoms with Crippen LogP contribution in [0.25, 0.3) is 0 Å². The van der Waals surface area contributed by atoms with Gasteiger partial charge in [-0.05, 0) is 55.0 Å². The van der Waals surface area contributed by atoms with Crippen LogP contribution in [0.1, 0.15) is 34.5 Å². The molecule has 0 fully saturated rings. The van der Waals surface area contributed by atoms with E-state index in [1.54, 1.807) is 31.2 Å². The molecule has 34 heavy (non-hydrogen) atoms. The van der Waals surface area contributed by atoms with Crippen molar-refractivity contribution in [3.63, 3.8) is 0 Å². The normalized spacial score (nSPS) is 12.1. The van der Waals surface area contributed by atoms with Gasteiger partial charge in [0.15, 0.2) is 0 Å². The third kappa shape index (κ3) is 6.09. The Kier molecular flexibility index (Phi) is 7.88. The van der Waals surface area contributed by atoms with E-state index in [2.05, 4.69) is 39.4 Å². The van der Waals surface area contributed by atoms with Crippen LogP contribution in [0.4, 0.5) is 33.7 Å². The predicted molar refractivity (Wildman–Crippen MR) is 128 cm³/mol. The van der Waals surface area contributed by atoms with Gasteiger partial charge in [0.1, 0.15) is 5.82 Å². The van der Waals surface area contributed by atoms with Gasteiger partial charge in [0.25, 0.3) is 5.91 Å². The molecular formula is C23H18BrF4N3O2S. The molecule has 3 rings (SSSR count). The van der Waals surface area contributed by atoms with E-state index >= 15 is 0 Å². The van der Waals surface area contributed by atoms with Crippen molar-refractivity contribution in [3.8, 4) is 0 Å². The number of rotatable bonds is 5. The van der Waals surface area contributed by atoms with Crippen LogP contribution in [0.5, 0.6) is 0 Å². The van der Waals surface area contributed by atoms with E-state index in [1.165, 1.54) is 18.2 Å². The number of alkyl halides is 3. The average molecular weight is 556 g/mol. The van der Waals surface area contributed by atoms with Gasteiger partial charge in [-0.2, -0.15) is 13.2 Å². The molecule has 1 unspecified atom stereocenters. The maximum Gasteiger partial charge on any atom is 0.418 e. The standard InChI is InChI=1S/C23H18BrF4N3O2S/c1-13(14-6-8-15(24)9-7-14)29-22(33)31(34)16-10-11-20(18(12-16)23(26,27)28)30-21(32)17-4-2-3-5-19(17)25/h2-13,34H,1H3,(H,29,33)(H,30,32). The summed E-state index contributed by atoms with van der Waals surface area (Å²) in [6.07, 6.45) is -4.87. The second kappa shape index (κ2) is 10.5. The average Bonchev–Trinajstić information content (AvgIpc) is 2.78. The van der Waals surface area contributed by atoms with Crippen LogP contribution >= 0.6 is 28.7 Å². The van der Waals surface area contributed by atoms with Gasteiger partial charge < -0.3 is 10.6 Å². The molecule has 1 atom stereocenters. The number of carbonyl (C=O) groups excluding carboxylic acids is 2. The fraction of sp³-hybridized carbons (Fsp3) is 0.130. The molecule has 3 aromatic rings. The Balaban J connectivity index is 1.82. The molecule has 0 spiro atoms. The van der Waals surface area contributed by atoms with E-state index in [0.29, 0.717) is 6.07 Å². The van der Waals surface area contributed by atoms with Crippen LogP contribution in [0.2, 0.25) is 0 Å². The predicted octanol–water partition coefficient (Wildman–Crippen LogP) is 6.98. The number of urea groups is 1. The molecule has 3 amide bonds. The molecular weight excluding hydrogens is 538 g/mol. The van der Waals surface area contributed by atoms with Gasteiger partial charge in [-0.3, -0.25) is 4.79 Å². The van der Waals surface area contributed by atoms with Crippen molar-refractivity contribution in [2.45, 2.75) is 19.1 Å². The van der Waals surface area contributed by atoms with Crippen LogP contribution in [0.15, 0.2) is 71.2 Å². The smallest absolute Gasteiger partial charge is 0.330 e. The lowest BCUT2D eigenvalue weighted by atomic mass is 10.1. The molecule has 0 bridgehead atoms. The second-order valence-corrected chi connectivity index (χ2v) is 8.51. The first-order valence-electron chi connectivity index (χ1n) is 9.79. The minimum Gasteiger partial charge on any atom is -0.330 e. The molecule has 5 nitrogen and oxygen atoms in total. The highest BCUT2D eigenvalue weighted by atomic mass is 79.9. The van der Waals surface area contributed by atoms with Crippen LogP contribution in [0, 0.1) is 5.82 Å². The summed E-state index contributed by atoms with van der Waals surface area (Å²) in [7, 11) is 0. The summed E-state index contributed by atoms with van der Waals surface area (Å²) in [5.74, 6) is -1.91. The zero-order chi connectivity index (χ0) is 25.0. The number of halogens is 5. The molecule has 178 valence electrons. The number of anilines is 2. The zero-order valence-corrected chi connectivity index (χ0v) is 20.0. The van der Waals surface area contributed by atoms with Gasteiger partial charge in [0.2, 0.25) is 0 Å². The lowest BCUT2D eigenvalue weighted by Gasteiger charge is -2.22. The summed E-state index contributed by atoms with van der Waals surface area (Å²) in [5.41, 5.74) is -1.62. The quantitative estimate of drug-likeness (QED) is 0.235. The van der Waals surface area contributed by atoms with Crippen LogP contribution in [-0.2, 0) is 6.18 Å². The zero-order valence-electron chi connectivity index (χ0n) is 17.5. The van der Waals surface area contributed by atoms with Crippen molar-refractivity contribution in [1.29, 1.82) is 0 Å². The van der Waals surface area contributed by atoms with Crippen molar-refractivity contribution in [3.05, 3.63) is 93.7 Å². The number of nitrogens with zero attached hydrogens (tertiary/aromatic N) is 1. The maximum atomic E-state index is 13.8. The fourth-order valence-electron chi connectivity index (χ4n) is 3.04. The Morgan fingerprint density at radius 2 is 1.68 bits per heavy atom. The van der Waals surface area contributed by atoms with Crippen molar-refractivity contribution in [2.75, 3.05) is 9.62 Å². The first kappa shape index (κ1) is 25.6.